The monoisotopic (exact) mass is 342 g/mol. The molecule has 0 bridgehead atoms. The predicted molar refractivity (Wildman–Crippen MR) is 99.2 cm³/mol. The number of hydrogen-bond acceptors (Lipinski definition) is 3. The number of hydrogen-bond donors (Lipinski definition) is 1. The third kappa shape index (κ3) is 4.46. The second-order valence-corrected chi connectivity index (χ2v) is 10.9. The van der Waals surface area contributed by atoms with Gasteiger partial charge in [-0.2, -0.15) is 0 Å². The van der Waals surface area contributed by atoms with Crippen LogP contribution in [-0.4, -0.2) is 31.6 Å². The molecule has 0 aromatic rings. The molecule has 1 aliphatic carbocycles. The largest absolute Gasteiger partial charge is 0.406 e. The summed E-state index contributed by atoms with van der Waals surface area (Å²) in [6.45, 7) is 15.1. The smallest absolute Gasteiger partial charge is 0.172 e. The summed E-state index contributed by atoms with van der Waals surface area (Å²) >= 11 is 0. The molecular weight excluding hydrogens is 304 g/mol. The Morgan fingerprint density at radius 3 is 2.35 bits per heavy atom. The molecule has 1 saturated carbocycles. The molecule has 0 aromatic carbocycles. The lowest BCUT2D eigenvalue weighted by molar-refractivity contribution is -0.149. The zero-order chi connectivity index (χ0) is 17.8. The summed E-state index contributed by atoms with van der Waals surface area (Å²) in [6, 6.07) is 0. The van der Waals surface area contributed by atoms with Crippen LogP contribution in [0.5, 0.6) is 0 Å². The maximum Gasteiger partial charge on any atom is 0.172 e. The Morgan fingerprint density at radius 1 is 1.30 bits per heavy atom. The Labute approximate surface area is 144 Å². The SMILES string of the molecule is CCCCC1C(C(C)(C)C)CC(=O)C1(O[SiH](C)C)C(O)CCC. The van der Waals surface area contributed by atoms with Gasteiger partial charge in [0.2, 0.25) is 0 Å². The summed E-state index contributed by atoms with van der Waals surface area (Å²) in [5, 5.41) is 10.9. The zero-order valence-corrected chi connectivity index (χ0v) is 17.5. The molecule has 1 fully saturated rings. The third-order valence-corrected chi connectivity index (χ3v) is 6.21. The molecular formula is C19H38O3Si. The fourth-order valence-corrected chi connectivity index (χ4v) is 5.54. The number of carbonyl (C=O) groups excluding carboxylic acids is 1. The minimum Gasteiger partial charge on any atom is -0.406 e. The zero-order valence-electron chi connectivity index (χ0n) is 16.3. The molecule has 1 N–H and O–H groups in total. The Morgan fingerprint density at radius 2 is 1.91 bits per heavy atom. The maximum atomic E-state index is 13.1. The number of aliphatic hydroxyl groups excluding tert-OH is 1. The second kappa shape index (κ2) is 8.26. The maximum absolute atomic E-state index is 13.1. The highest BCUT2D eigenvalue weighted by atomic mass is 28.3. The van der Waals surface area contributed by atoms with Gasteiger partial charge in [0.15, 0.2) is 14.8 Å². The van der Waals surface area contributed by atoms with Crippen molar-refractivity contribution in [1.29, 1.82) is 0 Å². The highest BCUT2D eigenvalue weighted by Crippen LogP contribution is 2.52. The van der Waals surface area contributed by atoms with E-state index in [1.54, 1.807) is 0 Å². The lowest BCUT2D eigenvalue weighted by atomic mass is 9.69. The molecule has 4 heteroatoms. The summed E-state index contributed by atoms with van der Waals surface area (Å²) in [7, 11) is -1.44. The lowest BCUT2D eigenvalue weighted by Crippen LogP contribution is -2.56. The Kier molecular flexibility index (Phi) is 7.49. The minimum atomic E-state index is -1.44. The molecule has 0 amide bonds. The van der Waals surface area contributed by atoms with Gasteiger partial charge in [0, 0.05) is 12.3 Å². The number of unbranched alkanes of at least 4 members (excludes halogenated alkanes) is 1. The van der Waals surface area contributed by atoms with Crippen LogP contribution in [0.4, 0.5) is 0 Å². The number of carbonyl (C=O) groups is 1. The van der Waals surface area contributed by atoms with Crippen molar-refractivity contribution in [1.82, 2.24) is 0 Å². The Balaban J connectivity index is 3.31. The molecule has 23 heavy (non-hydrogen) atoms. The number of aliphatic hydroxyl groups is 1. The minimum absolute atomic E-state index is 0.0592. The van der Waals surface area contributed by atoms with E-state index in [0.717, 1.165) is 25.7 Å². The molecule has 4 unspecified atom stereocenters. The van der Waals surface area contributed by atoms with Gasteiger partial charge in [-0.3, -0.25) is 4.79 Å². The van der Waals surface area contributed by atoms with Crippen LogP contribution in [0.2, 0.25) is 13.1 Å². The first kappa shape index (κ1) is 20.9. The first-order valence-corrected chi connectivity index (χ1v) is 12.3. The molecule has 136 valence electrons. The van der Waals surface area contributed by atoms with E-state index in [-0.39, 0.29) is 17.1 Å². The summed E-state index contributed by atoms with van der Waals surface area (Å²) in [5.74, 6) is 0.591. The molecule has 0 heterocycles. The van der Waals surface area contributed by atoms with Gasteiger partial charge >= 0.3 is 0 Å². The van der Waals surface area contributed by atoms with Gasteiger partial charge in [0.25, 0.3) is 0 Å². The average Bonchev–Trinajstić information content (AvgIpc) is 2.70. The van der Waals surface area contributed by atoms with Gasteiger partial charge in [0.1, 0.15) is 5.60 Å². The second-order valence-electron chi connectivity index (χ2n) is 8.61. The van der Waals surface area contributed by atoms with Crippen molar-refractivity contribution in [2.75, 3.05) is 0 Å². The lowest BCUT2D eigenvalue weighted by Gasteiger charge is -2.43. The van der Waals surface area contributed by atoms with Crippen LogP contribution in [-0.2, 0) is 9.22 Å². The van der Waals surface area contributed by atoms with E-state index in [2.05, 4.69) is 47.7 Å². The first-order chi connectivity index (χ1) is 10.6. The first-order valence-electron chi connectivity index (χ1n) is 9.50. The van der Waals surface area contributed by atoms with E-state index in [9.17, 15) is 9.90 Å². The van der Waals surface area contributed by atoms with Crippen molar-refractivity contribution < 1.29 is 14.3 Å². The van der Waals surface area contributed by atoms with Crippen molar-refractivity contribution in [3.05, 3.63) is 0 Å². The highest BCUT2D eigenvalue weighted by molar-refractivity contribution is 6.48. The van der Waals surface area contributed by atoms with Crippen molar-refractivity contribution >= 4 is 14.8 Å². The standard InChI is InChI=1S/C19H38O3Si/c1-8-10-12-14-15(18(3,4)5)13-17(21)19(14,22-23(6)7)16(20)11-9-2/h14-16,20,23H,8-13H2,1-7H3. The fourth-order valence-electron chi connectivity index (χ4n) is 4.30. The molecule has 0 aliphatic heterocycles. The Bertz CT molecular complexity index is 389. The molecule has 4 atom stereocenters. The van der Waals surface area contributed by atoms with E-state index in [1.165, 1.54) is 0 Å². The topological polar surface area (TPSA) is 46.5 Å². The number of Topliss-reactive ketones (excluding diaryl/α,β-unsaturated/α-hetero) is 1. The molecule has 1 rings (SSSR count). The van der Waals surface area contributed by atoms with E-state index in [4.69, 9.17) is 4.43 Å². The van der Waals surface area contributed by atoms with Crippen molar-refractivity contribution in [2.24, 2.45) is 17.3 Å². The average molecular weight is 343 g/mol. The van der Waals surface area contributed by atoms with Crippen molar-refractivity contribution in [3.8, 4) is 0 Å². The summed E-state index contributed by atoms with van der Waals surface area (Å²) < 4.78 is 6.40. The normalized spacial score (nSPS) is 30.2. The van der Waals surface area contributed by atoms with Crippen LogP contribution in [0.15, 0.2) is 0 Å². The van der Waals surface area contributed by atoms with E-state index in [1.807, 2.05) is 0 Å². The van der Waals surface area contributed by atoms with Gasteiger partial charge < -0.3 is 9.53 Å². The molecule has 0 aromatic heterocycles. The fraction of sp³-hybridized carbons (Fsp3) is 0.947. The van der Waals surface area contributed by atoms with Crippen LogP contribution in [0, 0.1) is 17.3 Å². The predicted octanol–water partition coefficient (Wildman–Crippen LogP) is 4.33. The van der Waals surface area contributed by atoms with Crippen molar-refractivity contribution in [3.63, 3.8) is 0 Å². The van der Waals surface area contributed by atoms with Gasteiger partial charge in [-0.1, -0.05) is 53.9 Å². The number of ketones is 1. The van der Waals surface area contributed by atoms with Gasteiger partial charge in [0.05, 0.1) is 6.10 Å². The van der Waals surface area contributed by atoms with Gasteiger partial charge in [-0.15, -0.1) is 0 Å². The van der Waals surface area contributed by atoms with Crippen LogP contribution in [0.3, 0.4) is 0 Å². The Hall–Kier alpha value is -0.193. The highest BCUT2D eigenvalue weighted by Gasteiger charge is 2.61. The third-order valence-electron chi connectivity index (χ3n) is 5.35. The number of rotatable bonds is 8. The van der Waals surface area contributed by atoms with Crippen LogP contribution in [0.25, 0.3) is 0 Å². The molecule has 1 aliphatic rings. The van der Waals surface area contributed by atoms with E-state index >= 15 is 0 Å². The quantitative estimate of drug-likeness (QED) is 0.668. The van der Waals surface area contributed by atoms with Gasteiger partial charge in [-0.25, -0.2) is 0 Å². The van der Waals surface area contributed by atoms with Crippen LogP contribution in [0.1, 0.15) is 73.1 Å². The summed E-state index contributed by atoms with van der Waals surface area (Å²) in [6.07, 6.45) is 4.59. The van der Waals surface area contributed by atoms with E-state index < -0.39 is 20.7 Å². The van der Waals surface area contributed by atoms with E-state index in [0.29, 0.717) is 18.8 Å². The van der Waals surface area contributed by atoms with Crippen molar-refractivity contribution in [2.45, 2.75) is 97.9 Å². The molecule has 0 radical (unpaired) electrons. The van der Waals surface area contributed by atoms with Gasteiger partial charge in [-0.05, 0) is 37.3 Å². The summed E-state index contributed by atoms with van der Waals surface area (Å²) in [4.78, 5) is 13.1. The van der Waals surface area contributed by atoms with Crippen LogP contribution < -0.4 is 0 Å². The molecule has 0 spiro atoms. The molecule has 3 nitrogen and oxygen atoms in total. The molecule has 0 saturated heterocycles. The summed E-state index contributed by atoms with van der Waals surface area (Å²) in [5.41, 5.74) is -0.882. The van der Waals surface area contributed by atoms with Crippen LogP contribution >= 0.6 is 0 Å².